The minimum absolute atomic E-state index is 0.0679. The zero-order valence-electron chi connectivity index (χ0n) is 20.7. The van der Waals surface area contributed by atoms with Crippen molar-refractivity contribution in [2.24, 2.45) is 29.6 Å². The first-order chi connectivity index (χ1) is 17.4. The highest BCUT2D eigenvalue weighted by atomic mass is 19.1. The van der Waals surface area contributed by atoms with Crippen LogP contribution in [0.4, 0.5) is 9.18 Å². The van der Waals surface area contributed by atoms with Crippen LogP contribution in [0.25, 0.3) is 17.2 Å². The number of hydrogen-bond donors (Lipinski definition) is 1. The summed E-state index contributed by atoms with van der Waals surface area (Å²) in [6.07, 6.45) is 9.07. The molecule has 5 rings (SSSR count). The molecule has 0 bridgehead atoms. The molecule has 2 saturated carbocycles. The first kappa shape index (κ1) is 24.5. The van der Waals surface area contributed by atoms with Gasteiger partial charge >= 0.3 is 12.1 Å². The van der Waals surface area contributed by atoms with Crippen molar-refractivity contribution in [2.45, 2.75) is 51.7 Å². The van der Waals surface area contributed by atoms with Gasteiger partial charge in [0.1, 0.15) is 11.9 Å². The highest BCUT2D eigenvalue weighted by Gasteiger charge is 2.54. The molecule has 1 saturated heterocycles. The number of fused-ring (bicyclic) bond motifs is 2. The molecule has 0 unspecified atom stereocenters. The molecule has 2 heterocycles. The van der Waals surface area contributed by atoms with Gasteiger partial charge < -0.3 is 14.8 Å². The Balaban J connectivity index is 1.34. The molecule has 7 heteroatoms. The van der Waals surface area contributed by atoms with Crippen LogP contribution >= 0.6 is 0 Å². The number of ether oxygens (including phenoxy) is 2. The SMILES string of the molecule is CCOC(=O)N[C@@H]1CC[C@H]2[C@@H](C1)C[C@@H]1C(=O)O[C@@H](C)[C@@H]1[C@H]2C=Cc1ccc(-c2cccc(F)c2)cn1. The lowest BCUT2D eigenvalue weighted by molar-refractivity contribution is -0.144. The summed E-state index contributed by atoms with van der Waals surface area (Å²) in [5, 5.41) is 3.00. The van der Waals surface area contributed by atoms with E-state index in [-0.39, 0.29) is 47.8 Å². The van der Waals surface area contributed by atoms with E-state index in [0.717, 1.165) is 42.5 Å². The van der Waals surface area contributed by atoms with Crippen LogP contribution in [0.1, 0.15) is 45.2 Å². The summed E-state index contributed by atoms with van der Waals surface area (Å²) in [6.45, 7) is 4.15. The number of amides is 1. The maximum Gasteiger partial charge on any atom is 0.407 e. The number of nitrogens with one attached hydrogen (secondary N) is 1. The Morgan fingerprint density at radius 3 is 2.83 bits per heavy atom. The van der Waals surface area contributed by atoms with Crippen LogP contribution in [-0.2, 0) is 14.3 Å². The largest absolute Gasteiger partial charge is 0.462 e. The van der Waals surface area contributed by atoms with Crippen LogP contribution in [-0.4, -0.2) is 35.8 Å². The fraction of sp³-hybridized carbons (Fsp3) is 0.483. The van der Waals surface area contributed by atoms with Crippen molar-refractivity contribution in [2.75, 3.05) is 6.61 Å². The van der Waals surface area contributed by atoms with E-state index < -0.39 is 0 Å². The number of halogens is 1. The van der Waals surface area contributed by atoms with Crippen LogP contribution < -0.4 is 5.32 Å². The molecule has 2 aromatic rings. The lowest BCUT2D eigenvalue weighted by Crippen LogP contribution is -2.48. The minimum atomic E-state index is -0.368. The third-order valence-electron chi connectivity index (χ3n) is 8.18. The topological polar surface area (TPSA) is 77.5 Å². The van der Waals surface area contributed by atoms with Crippen LogP contribution in [0.2, 0.25) is 0 Å². The quantitative estimate of drug-likeness (QED) is 0.548. The van der Waals surface area contributed by atoms with Crippen LogP contribution in [0.5, 0.6) is 0 Å². The van der Waals surface area contributed by atoms with E-state index in [2.05, 4.69) is 16.4 Å². The fourth-order valence-electron chi connectivity index (χ4n) is 6.64. The molecule has 36 heavy (non-hydrogen) atoms. The molecule has 1 aromatic heterocycles. The smallest absolute Gasteiger partial charge is 0.407 e. The van der Waals surface area contributed by atoms with Crippen molar-refractivity contribution in [3.63, 3.8) is 0 Å². The van der Waals surface area contributed by atoms with Gasteiger partial charge in [0.25, 0.3) is 0 Å². The van der Waals surface area contributed by atoms with Gasteiger partial charge in [-0.1, -0.05) is 24.3 Å². The number of esters is 1. The number of carbonyl (C=O) groups excluding carboxylic acids is 2. The Hall–Kier alpha value is -3.22. The van der Waals surface area contributed by atoms with Gasteiger partial charge in [-0.3, -0.25) is 9.78 Å². The van der Waals surface area contributed by atoms with E-state index in [4.69, 9.17) is 9.47 Å². The van der Waals surface area contributed by atoms with Crippen molar-refractivity contribution in [1.82, 2.24) is 10.3 Å². The number of cyclic esters (lactones) is 1. The predicted octanol–water partition coefficient (Wildman–Crippen LogP) is 5.63. The number of aromatic nitrogens is 1. The second-order valence-corrected chi connectivity index (χ2v) is 10.3. The number of carbonyl (C=O) groups is 2. The minimum Gasteiger partial charge on any atom is -0.462 e. The van der Waals surface area contributed by atoms with Crippen molar-refractivity contribution >= 4 is 18.1 Å². The summed E-state index contributed by atoms with van der Waals surface area (Å²) in [4.78, 5) is 29.2. The number of benzene rings is 1. The summed E-state index contributed by atoms with van der Waals surface area (Å²) in [6, 6.07) is 10.4. The van der Waals surface area contributed by atoms with Gasteiger partial charge in [-0.2, -0.15) is 0 Å². The molecule has 190 valence electrons. The van der Waals surface area contributed by atoms with E-state index in [0.29, 0.717) is 18.4 Å². The van der Waals surface area contributed by atoms with Crippen molar-refractivity contribution in [1.29, 1.82) is 0 Å². The van der Waals surface area contributed by atoms with E-state index >= 15 is 0 Å². The number of rotatable bonds is 5. The van der Waals surface area contributed by atoms with Gasteiger partial charge in [-0.15, -0.1) is 0 Å². The summed E-state index contributed by atoms with van der Waals surface area (Å²) in [5.74, 6) is 0.629. The van der Waals surface area contributed by atoms with Gasteiger partial charge in [0, 0.05) is 23.7 Å². The normalized spacial score (nSPS) is 31.4. The lowest BCUT2D eigenvalue weighted by atomic mass is 9.57. The molecule has 1 amide bonds. The van der Waals surface area contributed by atoms with Crippen LogP contribution in [0.3, 0.4) is 0 Å². The Morgan fingerprint density at radius 2 is 2.08 bits per heavy atom. The summed E-state index contributed by atoms with van der Waals surface area (Å²) in [7, 11) is 0. The van der Waals surface area contributed by atoms with Crippen LogP contribution in [0, 0.1) is 35.4 Å². The third-order valence-corrected chi connectivity index (χ3v) is 8.18. The zero-order valence-corrected chi connectivity index (χ0v) is 20.7. The van der Waals surface area contributed by atoms with Gasteiger partial charge in [0.2, 0.25) is 0 Å². The first-order valence-corrected chi connectivity index (χ1v) is 13.0. The Labute approximate surface area is 211 Å². The summed E-state index contributed by atoms with van der Waals surface area (Å²) >= 11 is 0. The van der Waals surface area contributed by atoms with Gasteiger partial charge in [-0.25, -0.2) is 9.18 Å². The fourth-order valence-corrected chi connectivity index (χ4v) is 6.64. The standard InChI is InChI=1S/C29H33FN2O4/c1-3-35-29(34)32-23-10-11-24-20(14-23)15-26-27(17(2)36-28(26)33)25(24)12-9-22-8-7-19(16-31-22)18-5-4-6-21(30)13-18/h4-9,12-13,16-17,20,23-27H,3,10-11,14-15H2,1-2H3,(H,32,34)/t17-,20-,23+,24-,25-,26-,27+/m0/s1. The molecule has 1 aliphatic heterocycles. The van der Waals surface area contributed by atoms with Crippen molar-refractivity contribution in [3.05, 3.63) is 60.2 Å². The number of nitrogens with zero attached hydrogens (tertiary/aromatic N) is 1. The van der Waals surface area contributed by atoms with Gasteiger partial charge in [0.15, 0.2) is 0 Å². The Bertz CT molecular complexity index is 1130. The number of allylic oxidation sites excluding steroid dienone is 1. The molecule has 1 N–H and O–H groups in total. The van der Waals surface area contributed by atoms with E-state index in [1.807, 2.05) is 31.2 Å². The highest BCUT2D eigenvalue weighted by Crippen LogP contribution is 2.53. The zero-order chi connectivity index (χ0) is 25.2. The predicted molar refractivity (Wildman–Crippen MR) is 134 cm³/mol. The monoisotopic (exact) mass is 492 g/mol. The molecule has 0 radical (unpaired) electrons. The molecule has 7 atom stereocenters. The second kappa shape index (κ2) is 10.4. The van der Waals surface area contributed by atoms with Gasteiger partial charge in [0.05, 0.1) is 18.2 Å². The maximum atomic E-state index is 13.6. The summed E-state index contributed by atoms with van der Waals surface area (Å²) in [5.41, 5.74) is 2.48. The first-order valence-electron chi connectivity index (χ1n) is 13.0. The molecular formula is C29H33FN2O4. The third kappa shape index (κ3) is 5.01. The van der Waals surface area contributed by atoms with E-state index in [1.54, 1.807) is 19.2 Å². The number of pyridine rings is 1. The Morgan fingerprint density at radius 1 is 1.22 bits per heavy atom. The van der Waals surface area contributed by atoms with Crippen molar-refractivity contribution < 1.29 is 23.5 Å². The van der Waals surface area contributed by atoms with Crippen LogP contribution in [0.15, 0.2) is 48.7 Å². The molecule has 2 aliphatic carbocycles. The molecule has 3 aliphatic rings. The van der Waals surface area contributed by atoms with E-state index in [1.165, 1.54) is 12.1 Å². The van der Waals surface area contributed by atoms with E-state index in [9.17, 15) is 14.0 Å². The lowest BCUT2D eigenvalue weighted by Gasteiger charge is -2.47. The maximum absolute atomic E-state index is 13.6. The highest BCUT2D eigenvalue weighted by molar-refractivity contribution is 5.75. The molecule has 0 spiro atoms. The molecular weight excluding hydrogens is 459 g/mol. The number of hydrogen-bond acceptors (Lipinski definition) is 5. The average molecular weight is 493 g/mol. The molecule has 6 nitrogen and oxygen atoms in total. The molecule has 3 fully saturated rings. The van der Waals surface area contributed by atoms with Crippen molar-refractivity contribution in [3.8, 4) is 11.1 Å². The average Bonchev–Trinajstić information content (AvgIpc) is 3.15. The number of alkyl carbamates (subject to hydrolysis) is 1. The molecule has 1 aromatic carbocycles. The Kier molecular flexibility index (Phi) is 7.08. The second-order valence-electron chi connectivity index (χ2n) is 10.3. The summed E-state index contributed by atoms with van der Waals surface area (Å²) < 4.78 is 24.3. The van der Waals surface area contributed by atoms with Gasteiger partial charge in [-0.05, 0) is 87.1 Å².